The van der Waals surface area contributed by atoms with Crippen LogP contribution in [0.1, 0.15) is 26.1 Å². The van der Waals surface area contributed by atoms with Gasteiger partial charge in [-0.05, 0) is 19.3 Å². The number of hydrogen-bond donors (Lipinski definition) is 1. The predicted octanol–water partition coefficient (Wildman–Crippen LogP) is 2.24. The Bertz CT molecular complexity index is 241. The molecule has 1 aromatic heterocycles. The minimum Gasteiger partial charge on any atom is -0.383 e. The fourth-order valence-corrected chi connectivity index (χ4v) is 0.989. The van der Waals surface area contributed by atoms with E-state index in [0.717, 1.165) is 24.0 Å². The number of nitrogens with one attached hydrogen (secondary N) is 1. The van der Waals surface area contributed by atoms with Crippen molar-refractivity contribution in [2.75, 3.05) is 11.9 Å². The van der Waals surface area contributed by atoms with Crippen LogP contribution in [-0.4, -0.2) is 16.5 Å². The van der Waals surface area contributed by atoms with Crippen LogP contribution in [0.2, 0.25) is 0 Å². The second kappa shape index (κ2) is 4.80. The van der Waals surface area contributed by atoms with Crippen LogP contribution < -0.4 is 5.32 Å². The van der Waals surface area contributed by atoms with Crippen molar-refractivity contribution in [3.63, 3.8) is 0 Å². The first-order valence-corrected chi connectivity index (χ1v) is 4.71. The summed E-state index contributed by atoms with van der Waals surface area (Å²) in [5.41, 5.74) is 1.01. The number of nitrogens with zero attached hydrogens (tertiary/aromatic N) is 2. The quantitative estimate of drug-likeness (QED) is 0.770. The fraction of sp³-hybridized carbons (Fsp3) is 0.600. The Kier molecular flexibility index (Phi) is 3.68. The van der Waals surface area contributed by atoms with E-state index >= 15 is 0 Å². The summed E-state index contributed by atoms with van der Waals surface area (Å²) in [6.45, 7) is 7.31. The minimum atomic E-state index is 0.735. The van der Waals surface area contributed by atoms with Crippen molar-refractivity contribution in [3.8, 4) is 0 Å². The molecular weight excluding hydrogens is 162 g/mol. The molecule has 13 heavy (non-hydrogen) atoms. The monoisotopic (exact) mass is 179 g/mol. The second-order valence-electron chi connectivity index (χ2n) is 3.63. The molecule has 0 saturated carbocycles. The van der Waals surface area contributed by atoms with Crippen LogP contribution in [-0.2, 0) is 0 Å². The highest BCUT2D eigenvalue weighted by Crippen LogP contribution is 2.04. The zero-order valence-corrected chi connectivity index (χ0v) is 8.54. The molecule has 1 aromatic rings. The van der Waals surface area contributed by atoms with Gasteiger partial charge in [-0.15, -0.1) is 0 Å². The first kappa shape index (κ1) is 9.96. The summed E-state index contributed by atoms with van der Waals surface area (Å²) in [5.74, 6) is 1.55. The van der Waals surface area contributed by atoms with Crippen molar-refractivity contribution in [1.29, 1.82) is 0 Å². The van der Waals surface area contributed by atoms with Gasteiger partial charge < -0.3 is 5.32 Å². The highest BCUT2D eigenvalue weighted by Gasteiger charge is 1.95. The first-order chi connectivity index (χ1) is 6.18. The predicted molar refractivity (Wildman–Crippen MR) is 54.7 cm³/mol. The number of hydrogen-bond acceptors (Lipinski definition) is 3. The summed E-state index contributed by atoms with van der Waals surface area (Å²) in [6.07, 6.45) is 4.82. The average Bonchev–Trinajstić information content (AvgIpc) is 2.08. The summed E-state index contributed by atoms with van der Waals surface area (Å²) in [6, 6.07) is 0. The first-order valence-electron chi connectivity index (χ1n) is 4.71. The Morgan fingerprint density at radius 2 is 1.92 bits per heavy atom. The van der Waals surface area contributed by atoms with Crippen LogP contribution in [0.5, 0.6) is 0 Å². The molecule has 0 fully saturated rings. The van der Waals surface area contributed by atoms with Crippen LogP contribution in [0.15, 0.2) is 12.4 Å². The Balaban J connectivity index is 2.33. The van der Waals surface area contributed by atoms with Crippen molar-refractivity contribution in [2.45, 2.75) is 27.2 Å². The third kappa shape index (κ3) is 3.87. The van der Waals surface area contributed by atoms with E-state index in [1.54, 1.807) is 0 Å². The maximum absolute atomic E-state index is 4.10. The maximum Gasteiger partial charge on any atom is 0.125 e. The van der Waals surface area contributed by atoms with E-state index < -0.39 is 0 Å². The third-order valence-corrected chi connectivity index (χ3v) is 1.83. The zero-order chi connectivity index (χ0) is 9.68. The van der Waals surface area contributed by atoms with Crippen molar-refractivity contribution in [2.24, 2.45) is 5.92 Å². The van der Waals surface area contributed by atoms with E-state index in [1.807, 2.05) is 19.3 Å². The maximum atomic E-state index is 4.10. The molecule has 0 bridgehead atoms. The van der Waals surface area contributed by atoms with Crippen LogP contribution >= 0.6 is 0 Å². The summed E-state index contributed by atoms with van der Waals surface area (Å²) in [5, 5.41) is 3.28. The molecule has 3 heteroatoms. The number of rotatable bonds is 4. The summed E-state index contributed by atoms with van der Waals surface area (Å²) >= 11 is 0. The lowest BCUT2D eigenvalue weighted by Crippen LogP contribution is -2.05. The van der Waals surface area contributed by atoms with Gasteiger partial charge in [0.05, 0.1) is 18.1 Å². The van der Waals surface area contributed by atoms with Gasteiger partial charge in [-0.1, -0.05) is 13.8 Å². The molecule has 0 atom stereocenters. The second-order valence-corrected chi connectivity index (χ2v) is 3.63. The van der Waals surface area contributed by atoms with E-state index in [1.165, 1.54) is 6.42 Å². The molecule has 0 saturated heterocycles. The smallest absolute Gasteiger partial charge is 0.125 e. The lowest BCUT2D eigenvalue weighted by atomic mass is 10.1. The minimum absolute atomic E-state index is 0.735. The molecule has 0 aliphatic carbocycles. The fourth-order valence-electron chi connectivity index (χ4n) is 0.989. The van der Waals surface area contributed by atoms with E-state index in [0.29, 0.717) is 0 Å². The lowest BCUT2D eigenvalue weighted by molar-refractivity contribution is 0.607. The van der Waals surface area contributed by atoms with Crippen molar-refractivity contribution in [3.05, 3.63) is 18.2 Å². The van der Waals surface area contributed by atoms with Crippen LogP contribution in [0, 0.1) is 12.8 Å². The molecule has 0 aliphatic rings. The SMILES string of the molecule is Cc1ncc(NCCC(C)C)cn1. The van der Waals surface area contributed by atoms with Gasteiger partial charge in [0.15, 0.2) is 0 Å². The summed E-state index contributed by atoms with van der Waals surface area (Å²) in [4.78, 5) is 8.21. The van der Waals surface area contributed by atoms with Gasteiger partial charge in [-0.2, -0.15) is 0 Å². The van der Waals surface area contributed by atoms with Gasteiger partial charge in [0.25, 0.3) is 0 Å². The molecule has 1 rings (SSSR count). The average molecular weight is 179 g/mol. The molecule has 72 valence electrons. The zero-order valence-electron chi connectivity index (χ0n) is 8.54. The van der Waals surface area contributed by atoms with Crippen LogP contribution in [0.3, 0.4) is 0 Å². The molecular formula is C10H17N3. The van der Waals surface area contributed by atoms with Gasteiger partial charge in [0.2, 0.25) is 0 Å². The highest BCUT2D eigenvalue weighted by molar-refractivity contribution is 5.37. The van der Waals surface area contributed by atoms with Gasteiger partial charge in [0.1, 0.15) is 5.82 Å². The third-order valence-electron chi connectivity index (χ3n) is 1.83. The van der Waals surface area contributed by atoms with Crippen LogP contribution in [0.4, 0.5) is 5.69 Å². The molecule has 3 nitrogen and oxygen atoms in total. The van der Waals surface area contributed by atoms with Crippen molar-refractivity contribution >= 4 is 5.69 Å². The molecule has 0 aliphatic heterocycles. The summed E-state index contributed by atoms with van der Waals surface area (Å²) < 4.78 is 0. The highest BCUT2D eigenvalue weighted by atomic mass is 14.9. The standard InChI is InChI=1S/C10H17N3/c1-8(2)4-5-11-10-6-12-9(3)13-7-10/h6-8,11H,4-5H2,1-3H3. The topological polar surface area (TPSA) is 37.8 Å². The van der Waals surface area contributed by atoms with E-state index in [4.69, 9.17) is 0 Å². The molecule has 0 spiro atoms. The Labute approximate surface area is 79.6 Å². The molecule has 0 amide bonds. The summed E-state index contributed by atoms with van der Waals surface area (Å²) in [7, 11) is 0. The Hall–Kier alpha value is -1.12. The van der Waals surface area contributed by atoms with Crippen molar-refractivity contribution < 1.29 is 0 Å². The normalized spacial score (nSPS) is 10.5. The lowest BCUT2D eigenvalue weighted by Gasteiger charge is -2.07. The van der Waals surface area contributed by atoms with E-state index in [9.17, 15) is 0 Å². The van der Waals surface area contributed by atoms with Crippen LogP contribution in [0.25, 0.3) is 0 Å². The van der Waals surface area contributed by atoms with E-state index in [-0.39, 0.29) is 0 Å². The number of aryl methyl sites for hydroxylation is 1. The molecule has 0 radical (unpaired) electrons. The van der Waals surface area contributed by atoms with Gasteiger partial charge in [-0.25, -0.2) is 9.97 Å². The van der Waals surface area contributed by atoms with Gasteiger partial charge in [0, 0.05) is 6.54 Å². The number of anilines is 1. The van der Waals surface area contributed by atoms with Gasteiger partial charge in [-0.3, -0.25) is 0 Å². The van der Waals surface area contributed by atoms with Crippen molar-refractivity contribution in [1.82, 2.24) is 9.97 Å². The van der Waals surface area contributed by atoms with E-state index in [2.05, 4.69) is 29.1 Å². The molecule has 1 N–H and O–H groups in total. The molecule has 0 unspecified atom stereocenters. The molecule has 0 aromatic carbocycles. The number of aromatic nitrogens is 2. The Morgan fingerprint density at radius 1 is 1.31 bits per heavy atom. The Morgan fingerprint density at radius 3 is 2.46 bits per heavy atom. The molecule has 1 heterocycles. The van der Waals surface area contributed by atoms with Gasteiger partial charge >= 0.3 is 0 Å². The largest absolute Gasteiger partial charge is 0.383 e.